The molecule has 0 aliphatic carbocycles. The highest BCUT2D eigenvalue weighted by atomic mass is 79.9. The molecule has 0 N–H and O–H groups in total. The minimum Gasteiger partial charge on any atom is -0.496 e. The first kappa shape index (κ1) is 55.6. The summed E-state index contributed by atoms with van der Waals surface area (Å²) in [6.07, 6.45) is 2.89. The molecule has 7 rings (SSSR count). The third-order valence-corrected chi connectivity index (χ3v) is 12.9. The van der Waals surface area contributed by atoms with Gasteiger partial charge in [-0.05, 0) is 143 Å². The molecule has 0 saturated heterocycles. The van der Waals surface area contributed by atoms with Crippen molar-refractivity contribution in [3.63, 3.8) is 0 Å². The first-order chi connectivity index (χ1) is 34.5. The number of hydrogen-bond acceptors (Lipinski definition) is 14. The third-order valence-electron chi connectivity index (χ3n) is 12.1. The normalized spacial score (nSPS) is 12.0. The Morgan fingerprint density at radius 1 is 0.581 bits per heavy atom. The zero-order chi connectivity index (χ0) is 55.0. The number of rotatable bonds is 13. The summed E-state index contributed by atoms with van der Waals surface area (Å²) >= 11 is 3.43. The number of oxazole rings is 1. The standard InChI is InChI=1S/C29H31N3O7.C26H29BrN2O6/c1-17-18(24-30-14-15-38-24)12-13-20-23(17)25(34)32(29(5,6)26(35)39-28(2,3)4)27(36)31(20)16-21(33)19-10-8-9-11-22(19)37-7;1-15-17(27)12-13-18-21(15)22(31)29(26(5,6)23(32)35-25(2,3)4)24(33)28(18)14-19(30)16-10-8-9-11-20(16)34-7/h8-15H,16H2,1-7H3;8-13H,14H2,1-7H3. The van der Waals surface area contributed by atoms with Gasteiger partial charge in [-0.2, -0.15) is 0 Å². The minimum absolute atomic E-state index is 0.148. The third kappa shape index (κ3) is 11.0. The van der Waals surface area contributed by atoms with Crippen molar-refractivity contribution in [1.29, 1.82) is 0 Å². The predicted molar refractivity (Wildman–Crippen MR) is 283 cm³/mol. The van der Waals surface area contributed by atoms with Crippen molar-refractivity contribution in [1.82, 2.24) is 23.3 Å². The summed E-state index contributed by atoms with van der Waals surface area (Å²) in [6, 6.07) is 19.9. The Hall–Kier alpha value is -7.67. The van der Waals surface area contributed by atoms with Gasteiger partial charge in [0.1, 0.15) is 40.0 Å². The molecule has 4 aromatic carbocycles. The van der Waals surface area contributed by atoms with Crippen LogP contribution in [0.1, 0.15) is 101 Å². The fraction of sp³-hybridized carbons (Fsp3) is 0.364. The van der Waals surface area contributed by atoms with Crippen LogP contribution in [-0.4, -0.2) is 72.2 Å². The number of nitrogens with zero attached hydrogens (tertiary/aromatic N) is 5. The van der Waals surface area contributed by atoms with Crippen LogP contribution < -0.4 is 32.0 Å². The van der Waals surface area contributed by atoms with Crippen LogP contribution in [0, 0.1) is 13.8 Å². The van der Waals surface area contributed by atoms with Crippen LogP contribution in [0.2, 0.25) is 0 Å². The molecule has 3 heterocycles. The van der Waals surface area contributed by atoms with E-state index in [9.17, 15) is 38.4 Å². The summed E-state index contributed by atoms with van der Waals surface area (Å²) in [5, 5.41) is 0.373. The molecule has 0 fully saturated rings. The maximum absolute atomic E-state index is 14.0. The summed E-state index contributed by atoms with van der Waals surface area (Å²) in [7, 11) is 2.91. The predicted octanol–water partition coefficient (Wildman–Crippen LogP) is 8.30. The number of carbonyl (C=O) groups excluding carboxylic acids is 4. The maximum atomic E-state index is 14.0. The first-order valence-corrected chi connectivity index (χ1v) is 24.2. The molecule has 7 aromatic rings. The largest absolute Gasteiger partial charge is 0.496 e. The molecule has 19 heteroatoms. The Labute approximate surface area is 434 Å². The molecule has 0 unspecified atom stereocenters. The molecule has 3 aromatic heterocycles. The van der Waals surface area contributed by atoms with E-state index in [0.29, 0.717) is 43.7 Å². The van der Waals surface area contributed by atoms with Gasteiger partial charge in [0.15, 0.2) is 11.6 Å². The lowest BCUT2D eigenvalue weighted by atomic mass is 10.0. The number of aryl methyl sites for hydroxylation is 2. The summed E-state index contributed by atoms with van der Waals surface area (Å²) in [5.41, 5.74) is -5.27. The number of methoxy groups -OCH3 is 2. The number of para-hydroxylation sites is 2. The number of esters is 2. The Morgan fingerprint density at radius 3 is 1.38 bits per heavy atom. The van der Waals surface area contributed by atoms with E-state index in [1.165, 1.54) is 63.5 Å². The van der Waals surface area contributed by atoms with E-state index in [0.717, 1.165) is 9.13 Å². The van der Waals surface area contributed by atoms with Crippen LogP contribution >= 0.6 is 15.9 Å². The highest BCUT2D eigenvalue weighted by molar-refractivity contribution is 9.10. The number of benzene rings is 4. The molecular formula is C55H60BrN5O13. The van der Waals surface area contributed by atoms with E-state index < -0.39 is 69.0 Å². The Kier molecular flexibility index (Phi) is 15.8. The number of halogens is 1. The SMILES string of the molecule is COc1ccccc1C(=O)Cn1c(=O)n(C(C)(C)C(=O)OC(C)(C)C)c(=O)c2c(C)c(-c3ncco3)ccc21.COc1ccccc1C(=O)Cn1c(=O)n(C(C)(C)C(=O)OC(C)(C)C)c(=O)c2c(C)c(Br)ccc21. The summed E-state index contributed by atoms with van der Waals surface area (Å²) in [5.74, 6) is -1.29. The fourth-order valence-corrected chi connectivity index (χ4v) is 8.61. The number of aromatic nitrogens is 5. The highest BCUT2D eigenvalue weighted by Crippen LogP contribution is 2.30. The van der Waals surface area contributed by atoms with Crippen molar-refractivity contribution in [3.05, 3.63) is 154 Å². The van der Waals surface area contributed by atoms with Crippen molar-refractivity contribution >= 4 is 61.2 Å². The van der Waals surface area contributed by atoms with Crippen LogP contribution in [0.15, 0.2) is 113 Å². The first-order valence-electron chi connectivity index (χ1n) is 23.4. The smallest absolute Gasteiger partial charge is 0.332 e. The molecule has 18 nitrogen and oxygen atoms in total. The van der Waals surface area contributed by atoms with Gasteiger partial charge < -0.3 is 23.4 Å². The number of Topliss-reactive ketones (excluding diaryl/α,β-unsaturated/α-hetero) is 2. The highest BCUT2D eigenvalue weighted by Gasteiger charge is 2.40. The maximum Gasteiger partial charge on any atom is 0.332 e. The molecule has 74 heavy (non-hydrogen) atoms. The van der Waals surface area contributed by atoms with Gasteiger partial charge in [-0.1, -0.05) is 40.2 Å². The molecule has 0 spiro atoms. The Bertz CT molecular complexity index is 3600. The molecule has 0 saturated carbocycles. The second kappa shape index (κ2) is 21.0. The average Bonchev–Trinajstić information content (AvgIpc) is 3.86. The van der Waals surface area contributed by atoms with Gasteiger partial charge in [-0.3, -0.25) is 28.3 Å². The number of ether oxygens (including phenoxy) is 4. The molecule has 0 radical (unpaired) electrons. The van der Waals surface area contributed by atoms with Crippen molar-refractivity contribution in [2.24, 2.45) is 0 Å². The van der Waals surface area contributed by atoms with Crippen LogP contribution in [-0.2, 0) is 43.2 Å². The van der Waals surface area contributed by atoms with Crippen molar-refractivity contribution < 1.29 is 42.5 Å². The second-order valence-corrected chi connectivity index (χ2v) is 21.3. The fourth-order valence-electron chi connectivity index (χ4n) is 8.28. The van der Waals surface area contributed by atoms with E-state index in [2.05, 4.69) is 20.9 Å². The van der Waals surface area contributed by atoms with Crippen LogP contribution in [0.5, 0.6) is 11.5 Å². The number of carbonyl (C=O) groups is 4. The zero-order valence-corrected chi connectivity index (χ0v) is 45.5. The molecule has 0 aliphatic rings. The van der Waals surface area contributed by atoms with Gasteiger partial charge >= 0.3 is 23.3 Å². The topological polar surface area (TPSA) is 219 Å². The quantitative estimate of drug-likeness (QED) is 0.0784. The number of ketones is 2. The lowest BCUT2D eigenvalue weighted by Gasteiger charge is -2.30. The van der Waals surface area contributed by atoms with Crippen LogP contribution in [0.4, 0.5) is 0 Å². The van der Waals surface area contributed by atoms with E-state index >= 15 is 0 Å². The summed E-state index contributed by atoms with van der Waals surface area (Å²) in [6.45, 7) is 18.7. The lowest BCUT2D eigenvalue weighted by Crippen LogP contribution is -2.54. The zero-order valence-electron chi connectivity index (χ0n) is 43.9. The van der Waals surface area contributed by atoms with Crippen molar-refractivity contribution in [2.75, 3.05) is 14.2 Å². The van der Waals surface area contributed by atoms with Gasteiger partial charge in [-0.15, -0.1) is 0 Å². The van der Waals surface area contributed by atoms with E-state index in [1.54, 1.807) is 128 Å². The number of fused-ring (bicyclic) bond motifs is 2. The Balaban J connectivity index is 0.000000242. The van der Waals surface area contributed by atoms with Crippen LogP contribution in [0.25, 0.3) is 33.3 Å². The van der Waals surface area contributed by atoms with E-state index in [-0.39, 0.29) is 40.1 Å². The second-order valence-electron chi connectivity index (χ2n) is 20.4. The van der Waals surface area contributed by atoms with Gasteiger partial charge in [-0.25, -0.2) is 33.3 Å². The molecule has 390 valence electrons. The van der Waals surface area contributed by atoms with E-state index in [1.807, 2.05) is 0 Å². The molecular weight excluding hydrogens is 1020 g/mol. The van der Waals surface area contributed by atoms with Crippen LogP contribution in [0.3, 0.4) is 0 Å². The van der Waals surface area contributed by atoms with Gasteiger partial charge in [0.25, 0.3) is 11.1 Å². The molecule has 0 atom stereocenters. The van der Waals surface area contributed by atoms with Gasteiger partial charge in [0.05, 0.1) is 66.4 Å². The Morgan fingerprint density at radius 2 is 0.986 bits per heavy atom. The minimum atomic E-state index is -1.70. The van der Waals surface area contributed by atoms with Crippen molar-refractivity contribution in [2.45, 2.75) is 118 Å². The van der Waals surface area contributed by atoms with E-state index in [4.69, 9.17) is 23.4 Å². The molecule has 0 bridgehead atoms. The molecule has 0 amide bonds. The average molecular weight is 1080 g/mol. The molecule has 0 aliphatic heterocycles. The summed E-state index contributed by atoms with van der Waals surface area (Å²) in [4.78, 5) is 113. The summed E-state index contributed by atoms with van der Waals surface area (Å²) < 4.78 is 32.0. The lowest BCUT2D eigenvalue weighted by molar-refractivity contribution is -0.165. The van der Waals surface area contributed by atoms with Gasteiger partial charge in [0, 0.05) is 10.0 Å². The number of hydrogen-bond donors (Lipinski definition) is 0. The van der Waals surface area contributed by atoms with Crippen molar-refractivity contribution in [3.8, 4) is 23.0 Å². The monoisotopic (exact) mass is 1080 g/mol. The van der Waals surface area contributed by atoms with Gasteiger partial charge in [0.2, 0.25) is 5.89 Å².